The molecule has 0 aliphatic carbocycles. The van der Waals surface area contributed by atoms with Crippen molar-refractivity contribution in [3.05, 3.63) is 59.6 Å². The molecule has 32 heavy (non-hydrogen) atoms. The number of rotatable bonds is 11. The molecule has 1 aromatic carbocycles. The zero-order chi connectivity index (χ0) is 23.1. The summed E-state index contributed by atoms with van der Waals surface area (Å²) in [4.78, 5) is 27.0. The summed E-state index contributed by atoms with van der Waals surface area (Å²) in [6, 6.07) is 9.41. The number of carbonyl (C=O) groups is 2. The van der Waals surface area contributed by atoms with Gasteiger partial charge in [-0.25, -0.2) is 0 Å². The van der Waals surface area contributed by atoms with E-state index in [1.54, 1.807) is 36.4 Å². The van der Waals surface area contributed by atoms with E-state index in [1.807, 2.05) is 13.8 Å². The van der Waals surface area contributed by atoms with E-state index >= 15 is 0 Å². The van der Waals surface area contributed by atoms with Gasteiger partial charge in [0.25, 0.3) is 11.7 Å². The van der Waals surface area contributed by atoms with Gasteiger partial charge in [-0.15, -0.1) is 0 Å². The van der Waals surface area contributed by atoms with E-state index in [-0.39, 0.29) is 30.6 Å². The highest BCUT2D eigenvalue weighted by Gasteiger charge is 2.47. The SMILES string of the molecule is CCCCCOc1ccc(/C(O)=C2/C(=O)C(=O)N(CCOC(C)C)C2c2ccco2)cc1. The molecule has 1 amide bonds. The molecule has 1 aliphatic rings. The second kappa shape index (κ2) is 11.0. The lowest BCUT2D eigenvalue weighted by Crippen LogP contribution is -2.33. The number of nitrogens with zero attached hydrogens (tertiary/aromatic N) is 1. The molecular formula is C25H31NO6. The van der Waals surface area contributed by atoms with Crippen molar-refractivity contribution in [3.8, 4) is 5.75 Å². The molecule has 0 saturated carbocycles. The number of Topliss-reactive ketones (excluding diaryl/α,β-unsaturated/α-hetero) is 1. The molecular weight excluding hydrogens is 410 g/mol. The van der Waals surface area contributed by atoms with E-state index in [4.69, 9.17) is 13.9 Å². The standard InChI is InChI=1S/C25H31NO6/c1-4-5-6-14-31-19-11-9-18(10-12-19)23(27)21-22(20-8-7-15-32-20)26(25(29)24(21)28)13-16-30-17(2)3/h7-12,15,17,22,27H,4-6,13-14,16H2,1-3H3/b23-21-. The number of aliphatic hydroxyl groups is 1. The van der Waals surface area contributed by atoms with Gasteiger partial charge in [-0.2, -0.15) is 0 Å². The van der Waals surface area contributed by atoms with Gasteiger partial charge in [0, 0.05) is 12.1 Å². The van der Waals surface area contributed by atoms with E-state index in [0.717, 1.165) is 19.3 Å². The predicted molar refractivity (Wildman–Crippen MR) is 120 cm³/mol. The maximum atomic E-state index is 12.9. The number of likely N-dealkylation sites (tertiary alicyclic amines) is 1. The summed E-state index contributed by atoms with van der Waals surface area (Å²) >= 11 is 0. The minimum atomic E-state index is -0.814. The fraction of sp³-hybridized carbons (Fsp3) is 0.440. The lowest BCUT2D eigenvalue weighted by Gasteiger charge is -2.23. The predicted octanol–water partition coefficient (Wildman–Crippen LogP) is 4.70. The number of carbonyl (C=O) groups excluding carboxylic acids is 2. The first-order valence-corrected chi connectivity index (χ1v) is 11.1. The van der Waals surface area contributed by atoms with Crippen LogP contribution in [-0.2, 0) is 14.3 Å². The van der Waals surface area contributed by atoms with E-state index in [1.165, 1.54) is 11.2 Å². The Morgan fingerprint density at radius 1 is 1.12 bits per heavy atom. The number of unbranched alkanes of at least 4 members (excludes halogenated alkanes) is 2. The Hall–Kier alpha value is -3.06. The lowest BCUT2D eigenvalue weighted by molar-refractivity contribution is -0.140. The number of furan rings is 1. The van der Waals surface area contributed by atoms with Crippen LogP contribution in [0.2, 0.25) is 0 Å². The first-order chi connectivity index (χ1) is 15.4. The summed E-state index contributed by atoms with van der Waals surface area (Å²) in [7, 11) is 0. The maximum absolute atomic E-state index is 12.9. The first-order valence-electron chi connectivity index (χ1n) is 11.1. The molecule has 1 aliphatic heterocycles. The molecule has 1 unspecified atom stereocenters. The van der Waals surface area contributed by atoms with Crippen molar-refractivity contribution >= 4 is 17.4 Å². The Morgan fingerprint density at radius 2 is 1.88 bits per heavy atom. The van der Waals surface area contributed by atoms with Gasteiger partial charge in [0.05, 0.1) is 31.2 Å². The van der Waals surface area contributed by atoms with Crippen molar-refractivity contribution in [2.24, 2.45) is 0 Å². The fourth-order valence-electron chi connectivity index (χ4n) is 3.65. The van der Waals surface area contributed by atoms with Crippen LogP contribution >= 0.6 is 0 Å². The highest BCUT2D eigenvalue weighted by atomic mass is 16.5. The smallest absolute Gasteiger partial charge is 0.295 e. The third-order valence-electron chi connectivity index (χ3n) is 5.28. The summed E-state index contributed by atoms with van der Waals surface area (Å²) in [6.07, 6.45) is 4.68. The molecule has 2 heterocycles. The van der Waals surface area contributed by atoms with E-state index in [2.05, 4.69) is 6.92 Å². The van der Waals surface area contributed by atoms with Gasteiger partial charge >= 0.3 is 0 Å². The average Bonchev–Trinajstić information content (AvgIpc) is 3.39. The number of hydrogen-bond acceptors (Lipinski definition) is 6. The van der Waals surface area contributed by atoms with Crippen LogP contribution in [0.5, 0.6) is 5.75 Å². The molecule has 1 N–H and O–H groups in total. The summed E-state index contributed by atoms with van der Waals surface area (Å²) in [6.45, 7) is 7.03. The van der Waals surface area contributed by atoms with Crippen LogP contribution in [0, 0.1) is 0 Å². The summed E-state index contributed by atoms with van der Waals surface area (Å²) in [5.74, 6) is -0.572. The summed E-state index contributed by atoms with van der Waals surface area (Å²) in [5, 5.41) is 11.0. The van der Waals surface area contributed by atoms with Crippen molar-refractivity contribution < 1.29 is 28.6 Å². The Bertz CT molecular complexity index is 930. The van der Waals surface area contributed by atoms with Crippen LogP contribution in [0.3, 0.4) is 0 Å². The van der Waals surface area contributed by atoms with Crippen molar-refractivity contribution in [1.82, 2.24) is 4.90 Å². The Labute approximate surface area is 188 Å². The topological polar surface area (TPSA) is 89.2 Å². The molecule has 0 spiro atoms. The normalized spacial score (nSPS) is 18.0. The molecule has 2 aromatic rings. The Morgan fingerprint density at radius 3 is 2.50 bits per heavy atom. The number of benzene rings is 1. The van der Waals surface area contributed by atoms with Crippen molar-refractivity contribution in [2.45, 2.75) is 52.2 Å². The number of aliphatic hydroxyl groups excluding tert-OH is 1. The van der Waals surface area contributed by atoms with Crippen LogP contribution in [0.15, 0.2) is 52.7 Å². The maximum Gasteiger partial charge on any atom is 0.295 e. The molecule has 3 rings (SSSR count). The number of amides is 1. The second-order valence-electron chi connectivity index (χ2n) is 8.01. The van der Waals surface area contributed by atoms with Gasteiger partial charge in [-0.3, -0.25) is 9.59 Å². The van der Waals surface area contributed by atoms with Crippen LogP contribution in [0.1, 0.15) is 57.4 Å². The molecule has 7 nitrogen and oxygen atoms in total. The third kappa shape index (κ3) is 5.40. The first kappa shape index (κ1) is 23.6. The summed E-state index contributed by atoms with van der Waals surface area (Å²) in [5.41, 5.74) is 0.435. The van der Waals surface area contributed by atoms with E-state index in [9.17, 15) is 14.7 Å². The van der Waals surface area contributed by atoms with Crippen LogP contribution < -0.4 is 4.74 Å². The number of ketones is 1. The molecule has 0 bridgehead atoms. The lowest BCUT2D eigenvalue weighted by atomic mass is 9.99. The minimum Gasteiger partial charge on any atom is -0.507 e. The highest BCUT2D eigenvalue weighted by molar-refractivity contribution is 6.46. The zero-order valence-electron chi connectivity index (χ0n) is 18.9. The van der Waals surface area contributed by atoms with Gasteiger partial charge in [-0.05, 0) is 56.7 Å². The van der Waals surface area contributed by atoms with Crippen LogP contribution in [-0.4, -0.2) is 47.6 Å². The van der Waals surface area contributed by atoms with Gasteiger partial charge in [0.2, 0.25) is 0 Å². The largest absolute Gasteiger partial charge is 0.507 e. The highest BCUT2D eigenvalue weighted by Crippen LogP contribution is 2.39. The van der Waals surface area contributed by atoms with Crippen molar-refractivity contribution in [1.29, 1.82) is 0 Å². The molecule has 1 saturated heterocycles. The van der Waals surface area contributed by atoms with Gasteiger partial charge in [0.15, 0.2) is 0 Å². The molecule has 1 fully saturated rings. The van der Waals surface area contributed by atoms with E-state index in [0.29, 0.717) is 23.7 Å². The Kier molecular flexibility index (Phi) is 8.11. The molecule has 0 radical (unpaired) electrons. The second-order valence-corrected chi connectivity index (χ2v) is 8.01. The van der Waals surface area contributed by atoms with Crippen molar-refractivity contribution in [3.63, 3.8) is 0 Å². The molecule has 1 atom stereocenters. The fourth-order valence-corrected chi connectivity index (χ4v) is 3.65. The average molecular weight is 442 g/mol. The summed E-state index contributed by atoms with van der Waals surface area (Å²) < 4.78 is 16.8. The number of hydrogen-bond donors (Lipinski definition) is 1. The molecule has 1 aromatic heterocycles. The monoisotopic (exact) mass is 441 g/mol. The minimum absolute atomic E-state index is 0.00316. The van der Waals surface area contributed by atoms with Crippen LogP contribution in [0.4, 0.5) is 0 Å². The zero-order valence-corrected chi connectivity index (χ0v) is 18.9. The molecule has 172 valence electrons. The van der Waals surface area contributed by atoms with Gasteiger partial charge in [0.1, 0.15) is 23.3 Å². The van der Waals surface area contributed by atoms with Crippen LogP contribution in [0.25, 0.3) is 5.76 Å². The quantitative estimate of drug-likeness (QED) is 0.235. The Balaban J connectivity index is 1.87. The van der Waals surface area contributed by atoms with Gasteiger partial charge in [-0.1, -0.05) is 19.8 Å². The third-order valence-corrected chi connectivity index (χ3v) is 5.28. The van der Waals surface area contributed by atoms with Crippen molar-refractivity contribution in [2.75, 3.05) is 19.8 Å². The van der Waals surface area contributed by atoms with Gasteiger partial charge < -0.3 is 23.9 Å². The number of ether oxygens (including phenoxy) is 2. The van der Waals surface area contributed by atoms with E-state index < -0.39 is 17.7 Å². The molecule has 7 heteroatoms.